The molecule has 1 aromatic carbocycles. The zero-order valence-corrected chi connectivity index (χ0v) is 17.8. The molecule has 28 heavy (non-hydrogen) atoms. The van der Waals surface area contributed by atoms with Crippen LogP contribution in [0.4, 0.5) is 0 Å². The van der Waals surface area contributed by atoms with Gasteiger partial charge in [-0.1, -0.05) is 17.7 Å². The Morgan fingerprint density at radius 1 is 1.04 bits per heavy atom. The molecule has 7 nitrogen and oxygen atoms in total. The maximum absolute atomic E-state index is 12.9. The third-order valence-corrected chi connectivity index (χ3v) is 7.41. The van der Waals surface area contributed by atoms with Crippen LogP contribution < -0.4 is 0 Å². The predicted molar refractivity (Wildman–Crippen MR) is 106 cm³/mol. The van der Waals surface area contributed by atoms with E-state index < -0.39 is 10.0 Å². The van der Waals surface area contributed by atoms with Crippen molar-refractivity contribution >= 4 is 21.8 Å². The SMILES string of the molecule is Cc1ccc(S(=O)(=O)N2CCN(C(=O)C3CC(=O)N(C(C)(C)C)C3)CC2)cc1. The molecule has 0 bridgehead atoms. The van der Waals surface area contributed by atoms with Gasteiger partial charge in [-0.05, 0) is 39.8 Å². The van der Waals surface area contributed by atoms with Crippen molar-refractivity contribution in [1.29, 1.82) is 0 Å². The van der Waals surface area contributed by atoms with Crippen LogP contribution >= 0.6 is 0 Å². The minimum absolute atomic E-state index is 0.00596. The third kappa shape index (κ3) is 4.07. The Bertz CT molecular complexity index is 850. The number of rotatable bonds is 3. The van der Waals surface area contributed by atoms with Gasteiger partial charge in [0, 0.05) is 44.7 Å². The maximum atomic E-state index is 12.9. The molecule has 3 rings (SSSR count). The lowest BCUT2D eigenvalue weighted by Gasteiger charge is -2.36. The van der Waals surface area contributed by atoms with Crippen LogP contribution in [0, 0.1) is 12.8 Å². The lowest BCUT2D eigenvalue weighted by molar-refractivity contribution is -0.137. The smallest absolute Gasteiger partial charge is 0.243 e. The fraction of sp³-hybridized carbons (Fsp3) is 0.600. The van der Waals surface area contributed by atoms with Gasteiger partial charge in [-0.15, -0.1) is 0 Å². The second kappa shape index (κ2) is 7.48. The molecule has 1 aromatic rings. The molecule has 0 spiro atoms. The summed E-state index contributed by atoms with van der Waals surface area (Å²) in [6, 6.07) is 6.80. The van der Waals surface area contributed by atoms with Gasteiger partial charge in [0.05, 0.1) is 10.8 Å². The monoisotopic (exact) mass is 407 g/mol. The highest BCUT2D eigenvalue weighted by Crippen LogP contribution is 2.27. The van der Waals surface area contributed by atoms with Gasteiger partial charge < -0.3 is 9.80 Å². The molecule has 1 atom stereocenters. The maximum Gasteiger partial charge on any atom is 0.243 e. The van der Waals surface area contributed by atoms with Crippen LogP contribution in [0.1, 0.15) is 32.8 Å². The van der Waals surface area contributed by atoms with Crippen molar-refractivity contribution in [2.24, 2.45) is 5.92 Å². The standard InChI is InChI=1S/C20H29N3O4S/c1-15-5-7-17(8-6-15)28(26,27)22-11-9-21(10-12-22)19(25)16-13-18(24)23(14-16)20(2,3)4/h5-8,16H,9-14H2,1-4H3. The molecule has 2 fully saturated rings. The average molecular weight is 408 g/mol. The molecule has 0 aromatic heterocycles. The van der Waals surface area contributed by atoms with Crippen LogP contribution in [-0.4, -0.2) is 72.6 Å². The van der Waals surface area contributed by atoms with Gasteiger partial charge in [-0.3, -0.25) is 9.59 Å². The zero-order valence-electron chi connectivity index (χ0n) is 17.0. The normalized spacial score (nSPS) is 22.0. The highest BCUT2D eigenvalue weighted by atomic mass is 32.2. The number of nitrogens with zero attached hydrogens (tertiary/aromatic N) is 3. The summed E-state index contributed by atoms with van der Waals surface area (Å²) < 4.78 is 27.0. The summed E-state index contributed by atoms with van der Waals surface area (Å²) in [5, 5.41) is 0. The minimum Gasteiger partial charge on any atom is -0.340 e. The van der Waals surface area contributed by atoms with Gasteiger partial charge in [0.2, 0.25) is 21.8 Å². The second-order valence-corrected chi connectivity index (χ2v) is 10.6. The van der Waals surface area contributed by atoms with E-state index in [1.54, 1.807) is 34.1 Å². The van der Waals surface area contributed by atoms with E-state index in [0.717, 1.165) is 5.56 Å². The highest BCUT2D eigenvalue weighted by molar-refractivity contribution is 7.89. The zero-order chi connectivity index (χ0) is 20.7. The van der Waals surface area contributed by atoms with E-state index in [2.05, 4.69) is 0 Å². The molecule has 1 unspecified atom stereocenters. The van der Waals surface area contributed by atoms with Crippen LogP contribution in [-0.2, 0) is 19.6 Å². The lowest BCUT2D eigenvalue weighted by Crippen LogP contribution is -2.52. The third-order valence-electron chi connectivity index (χ3n) is 5.49. The van der Waals surface area contributed by atoms with Gasteiger partial charge in [-0.2, -0.15) is 4.31 Å². The van der Waals surface area contributed by atoms with Gasteiger partial charge in [0.15, 0.2) is 0 Å². The van der Waals surface area contributed by atoms with E-state index in [-0.39, 0.29) is 47.7 Å². The molecule has 0 radical (unpaired) electrons. The molecule has 2 amide bonds. The van der Waals surface area contributed by atoms with Crippen molar-refractivity contribution in [1.82, 2.24) is 14.1 Å². The number of benzene rings is 1. The number of likely N-dealkylation sites (tertiary alicyclic amines) is 1. The summed E-state index contributed by atoms with van der Waals surface area (Å²) in [4.78, 5) is 28.8. The van der Waals surface area contributed by atoms with E-state index in [1.165, 1.54) is 4.31 Å². The topological polar surface area (TPSA) is 78.0 Å². The summed E-state index contributed by atoms with van der Waals surface area (Å²) in [6.45, 7) is 9.48. The number of aryl methyl sites for hydroxylation is 1. The van der Waals surface area contributed by atoms with Crippen LogP contribution in [0.3, 0.4) is 0 Å². The first-order chi connectivity index (χ1) is 13.0. The quantitative estimate of drug-likeness (QED) is 0.760. The molecular formula is C20H29N3O4S. The van der Waals surface area contributed by atoms with Crippen molar-refractivity contribution < 1.29 is 18.0 Å². The molecule has 2 heterocycles. The van der Waals surface area contributed by atoms with Gasteiger partial charge >= 0.3 is 0 Å². The number of carbonyl (C=O) groups is 2. The number of sulfonamides is 1. The van der Waals surface area contributed by atoms with Gasteiger partial charge in [0.1, 0.15) is 0 Å². The minimum atomic E-state index is -3.55. The predicted octanol–water partition coefficient (Wildman–Crippen LogP) is 1.47. The Kier molecular flexibility index (Phi) is 5.55. The number of amides is 2. The van der Waals surface area contributed by atoms with E-state index in [1.807, 2.05) is 27.7 Å². The Balaban J connectivity index is 1.62. The van der Waals surface area contributed by atoms with Crippen LogP contribution in [0.25, 0.3) is 0 Å². The van der Waals surface area contributed by atoms with E-state index in [4.69, 9.17) is 0 Å². The van der Waals surface area contributed by atoms with Crippen LogP contribution in [0.15, 0.2) is 29.2 Å². The number of hydrogen-bond donors (Lipinski definition) is 0. The first-order valence-electron chi connectivity index (χ1n) is 9.66. The molecule has 0 N–H and O–H groups in total. The average Bonchev–Trinajstić information content (AvgIpc) is 3.04. The van der Waals surface area contributed by atoms with Crippen LogP contribution in [0.5, 0.6) is 0 Å². The molecule has 0 saturated carbocycles. The summed E-state index contributed by atoms with van der Waals surface area (Å²) in [5.41, 5.74) is 0.706. The molecule has 2 aliphatic heterocycles. The molecule has 154 valence electrons. The van der Waals surface area contributed by atoms with E-state index in [0.29, 0.717) is 19.6 Å². The molecule has 2 saturated heterocycles. The first kappa shape index (κ1) is 20.8. The van der Waals surface area contributed by atoms with Crippen molar-refractivity contribution in [3.63, 3.8) is 0 Å². The summed E-state index contributed by atoms with van der Waals surface area (Å²) >= 11 is 0. The second-order valence-electron chi connectivity index (χ2n) is 8.62. The molecule has 0 aliphatic carbocycles. The van der Waals surface area contributed by atoms with E-state index in [9.17, 15) is 18.0 Å². The van der Waals surface area contributed by atoms with Crippen molar-refractivity contribution in [3.8, 4) is 0 Å². The summed E-state index contributed by atoms with van der Waals surface area (Å²) in [7, 11) is -3.55. The fourth-order valence-electron chi connectivity index (χ4n) is 3.79. The highest BCUT2D eigenvalue weighted by Gasteiger charge is 2.41. The Morgan fingerprint density at radius 3 is 2.11 bits per heavy atom. The van der Waals surface area contributed by atoms with Crippen molar-refractivity contribution in [2.45, 2.75) is 44.6 Å². The van der Waals surface area contributed by atoms with Crippen molar-refractivity contribution in [2.75, 3.05) is 32.7 Å². The molecule has 2 aliphatic rings. The van der Waals surface area contributed by atoms with Gasteiger partial charge in [-0.25, -0.2) is 8.42 Å². The first-order valence-corrected chi connectivity index (χ1v) is 11.1. The number of hydrogen-bond acceptors (Lipinski definition) is 4. The Hall–Kier alpha value is -1.93. The van der Waals surface area contributed by atoms with E-state index >= 15 is 0 Å². The number of carbonyl (C=O) groups excluding carboxylic acids is 2. The van der Waals surface area contributed by atoms with Gasteiger partial charge in [0.25, 0.3) is 0 Å². The largest absolute Gasteiger partial charge is 0.340 e. The molecular weight excluding hydrogens is 378 g/mol. The molecule has 8 heteroatoms. The van der Waals surface area contributed by atoms with Crippen LogP contribution in [0.2, 0.25) is 0 Å². The number of piperazine rings is 1. The van der Waals surface area contributed by atoms with Crippen molar-refractivity contribution in [3.05, 3.63) is 29.8 Å². The summed E-state index contributed by atoms with van der Waals surface area (Å²) in [5.74, 6) is -0.383. The fourth-order valence-corrected chi connectivity index (χ4v) is 5.21. The Morgan fingerprint density at radius 2 is 1.61 bits per heavy atom. The lowest BCUT2D eigenvalue weighted by atomic mass is 10.1. The Labute approximate surface area is 167 Å². The summed E-state index contributed by atoms with van der Waals surface area (Å²) in [6.07, 6.45) is 0.234.